The first-order valence-corrected chi connectivity index (χ1v) is 12.2. The van der Waals surface area contributed by atoms with E-state index in [1.165, 1.54) is 108 Å². The van der Waals surface area contributed by atoms with Crippen LogP contribution in [-0.4, -0.2) is 41.6 Å². The molecule has 1 aliphatic rings. The molecule has 0 saturated carbocycles. The summed E-state index contributed by atoms with van der Waals surface area (Å²) in [5.74, 6) is 2.63. The largest absolute Gasteiger partial charge is 0.362 e. The molecule has 0 atom stereocenters. The second-order valence-electron chi connectivity index (χ2n) is 7.72. The number of nitrogens with zero attached hydrogens (tertiary/aromatic N) is 2. The van der Waals surface area contributed by atoms with Gasteiger partial charge in [0, 0.05) is 31.7 Å². The zero-order valence-electron chi connectivity index (χ0n) is 17.6. The molecule has 0 N–H and O–H groups in total. The lowest BCUT2D eigenvalue weighted by atomic mass is 10.0. The van der Waals surface area contributed by atoms with Crippen molar-refractivity contribution in [3.8, 4) is 0 Å². The molecule has 0 radical (unpaired) electrons. The van der Waals surface area contributed by atoms with Crippen molar-refractivity contribution >= 4 is 35.7 Å². The smallest absolute Gasteiger partial charge is 0.0891 e. The minimum absolute atomic E-state index is 0. The molecule has 2 nitrogen and oxygen atoms in total. The molecule has 0 amide bonds. The zero-order valence-corrected chi connectivity index (χ0v) is 20.7. The SMILES string of the molecule is CCCCCCCCCCCCCCCCSCCN1C=CN(C)C1.I. The fourth-order valence-electron chi connectivity index (χ4n) is 3.42. The summed E-state index contributed by atoms with van der Waals surface area (Å²) < 4.78 is 0. The van der Waals surface area contributed by atoms with Gasteiger partial charge in [0.2, 0.25) is 0 Å². The van der Waals surface area contributed by atoms with E-state index in [-0.39, 0.29) is 24.0 Å². The highest BCUT2D eigenvalue weighted by Crippen LogP contribution is 2.14. The molecule has 1 aliphatic heterocycles. The van der Waals surface area contributed by atoms with Gasteiger partial charge in [-0.3, -0.25) is 0 Å². The van der Waals surface area contributed by atoms with Crippen molar-refractivity contribution in [2.45, 2.75) is 96.8 Å². The van der Waals surface area contributed by atoms with Crippen molar-refractivity contribution in [2.75, 3.05) is 31.8 Å². The van der Waals surface area contributed by atoms with Gasteiger partial charge in [-0.25, -0.2) is 0 Å². The van der Waals surface area contributed by atoms with Crippen LogP contribution in [0.25, 0.3) is 0 Å². The minimum atomic E-state index is 0. The van der Waals surface area contributed by atoms with Crippen LogP contribution < -0.4 is 0 Å². The van der Waals surface area contributed by atoms with Gasteiger partial charge in [0.25, 0.3) is 0 Å². The summed E-state index contributed by atoms with van der Waals surface area (Å²) in [7, 11) is 2.14. The Morgan fingerprint density at radius 1 is 0.692 bits per heavy atom. The topological polar surface area (TPSA) is 6.48 Å². The zero-order chi connectivity index (χ0) is 18.0. The van der Waals surface area contributed by atoms with Crippen molar-refractivity contribution in [3.05, 3.63) is 12.4 Å². The Kier molecular flexibility index (Phi) is 20.5. The number of rotatable bonds is 18. The third-order valence-electron chi connectivity index (χ3n) is 5.10. The number of unbranched alkanes of at least 4 members (excludes halogenated alkanes) is 13. The Labute approximate surface area is 185 Å². The third kappa shape index (κ3) is 16.6. The molecule has 0 saturated heterocycles. The predicted octanol–water partition coefficient (Wildman–Crippen LogP) is 7.50. The van der Waals surface area contributed by atoms with Crippen LogP contribution in [-0.2, 0) is 0 Å². The highest BCUT2D eigenvalue weighted by molar-refractivity contribution is 14.0. The molecule has 1 rings (SSSR count). The van der Waals surface area contributed by atoms with E-state index >= 15 is 0 Å². The van der Waals surface area contributed by atoms with Crippen molar-refractivity contribution < 1.29 is 0 Å². The summed E-state index contributed by atoms with van der Waals surface area (Å²) in [6.45, 7) is 4.56. The van der Waals surface area contributed by atoms with Crippen LogP contribution in [0, 0.1) is 0 Å². The summed E-state index contributed by atoms with van der Waals surface area (Å²) in [4.78, 5) is 4.64. The van der Waals surface area contributed by atoms with Crippen LogP contribution in [0.1, 0.15) is 96.8 Å². The molecule has 4 heteroatoms. The average Bonchev–Trinajstić information content (AvgIpc) is 3.03. The van der Waals surface area contributed by atoms with Crippen LogP contribution in [0.5, 0.6) is 0 Å². The fraction of sp³-hybridized carbons (Fsp3) is 0.909. The van der Waals surface area contributed by atoms with Gasteiger partial charge < -0.3 is 9.80 Å². The van der Waals surface area contributed by atoms with Crippen molar-refractivity contribution in [1.29, 1.82) is 0 Å². The van der Waals surface area contributed by atoms with E-state index in [9.17, 15) is 0 Å². The Morgan fingerprint density at radius 3 is 1.65 bits per heavy atom. The molecule has 0 spiro atoms. The van der Waals surface area contributed by atoms with Gasteiger partial charge in [-0.05, 0) is 12.2 Å². The molecule has 0 unspecified atom stereocenters. The molecule has 0 bridgehead atoms. The lowest BCUT2D eigenvalue weighted by Gasteiger charge is -2.17. The molecule has 0 aromatic carbocycles. The number of hydrogen-bond acceptors (Lipinski definition) is 3. The predicted molar refractivity (Wildman–Crippen MR) is 132 cm³/mol. The Bertz CT molecular complexity index is 313. The Hall–Kier alpha value is 0.420. The number of hydrogen-bond donors (Lipinski definition) is 0. The van der Waals surface area contributed by atoms with Crippen LogP contribution in [0.3, 0.4) is 0 Å². The number of thioether (sulfide) groups is 1. The van der Waals surface area contributed by atoms with Gasteiger partial charge in [0.1, 0.15) is 0 Å². The molecule has 0 fully saturated rings. The maximum atomic E-state index is 2.40. The lowest BCUT2D eigenvalue weighted by molar-refractivity contribution is 0.310. The summed E-state index contributed by atoms with van der Waals surface area (Å²) in [5.41, 5.74) is 0. The first-order valence-electron chi connectivity index (χ1n) is 11.0. The molecule has 1 heterocycles. The van der Waals surface area contributed by atoms with Crippen molar-refractivity contribution in [1.82, 2.24) is 9.80 Å². The summed E-state index contributed by atoms with van der Waals surface area (Å²) in [6.07, 6.45) is 24.7. The number of halogens is 1. The molecule has 26 heavy (non-hydrogen) atoms. The molecule has 0 aromatic heterocycles. The molecule has 156 valence electrons. The van der Waals surface area contributed by atoms with Crippen LogP contribution in [0.15, 0.2) is 12.4 Å². The molecular weight excluding hydrogens is 451 g/mol. The maximum absolute atomic E-state index is 2.40. The second kappa shape index (κ2) is 20.2. The van der Waals surface area contributed by atoms with E-state index in [4.69, 9.17) is 0 Å². The quantitative estimate of drug-likeness (QED) is 0.143. The van der Waals surface area contributed by atoms with Crippen molar-refractivity contribution in [2.24, 2.45) is 0 Å². The molecule has 0 aromatic rings. The van der Waals surface area contributed by atoms with Crippen LogP contribution in [0.2, 0.25) is 0 Å². The highest BCUT2D eigenvalue weighted by atomic mass is 127. The summed E-state index contributed by atoms with van der Waals surface area (Å²) in [6, 6.07) is 0. The van der Waals surface area contributed by atoms with E-state index in [0.717, 1.165) is 6.67 Å². The second-order valence-corrected chi connectivity index (χ2v) is 8.94. The van der Waals surface area contributed by atoms with E-state index in [1.807, 2.05) is 0 Å². The maximum Gasteiger partial charge on any atom is 0.0891 e. The van der Waals surface area contributed by atoms with Crippen LogP contribution in [0.4, 0.5) is 0 Å². The third-order valence-corrected chi connectivity index (χ3v) is 6.15. The Balaban J connectivity index is 0.00000625. The standard InChI is InChI=1S/C22H44N2S.HI/c1-3-4-5-6-7-8-9-10-11-12-13-14-15-16-20-25-21-19-24-18-17-23(2)22-24;/h17-18H,3-16,19-22H2,1-2H3;1H. The van der Waals surface area contributed by atoms with E-state index in [1.54, 1.807) is 0 Å². The van der Waals surface area contributed by atoms with Gasteiger partial charge >= 0.3 is 0 Å². The lowest BCUT2D eigenvalue weighted by Crippen LogP contribution is -2.24. The fourth-order valence-corrected chi connectivity index (χ4v) is 4.39. The first-order chi connectivity index (χ1) is 12.3. The molecular formula is C22H45IN2S. The summed E-state index contributed by atoms with van der Waals surface area (Å²) in [5, 5.41) is 0. The normalized spacial score (nSPS) is 13.5. The monoisotopic (exact) mass is 496 g/mol. The van der Waals surface area contributed by atoms with E-state index in [0.29, 0.717) is 0 Å². The van der Waals surface area contributed by atoms with Gasteiger partial charge in [0.05, 0.1) is 6.67 Å². The van der Waals surface area contributed by atoms with Gasteiger partial charge in [-0.1, -0.05) is 90.4 Å². The highest BCUT2D eigenvalue weighted by Gasteiger charge is 2.06. The van der Waals surface area contributed by atoms with Gasteiger partial charge in [0.15, 0.2) is 0 Å². The first kappa shape index (κ1) is 26.4. The van der Waals surface area contributed by atoms with Crippen LogP contribution >= 0.6 is 35.7 Å². The van der Waals surface area contributed by atoms with Gasteiger partial charge in [-0.2, -0.15) is 11.8 Å². The van der Waals surface area contributed by atoms with Crippen molar-refractivity contribution in [3.63, 3.8) is 0 Å². The molecule has 0 aliphatic carbocycles. The van der Waals surface area contributed by atoms with E-state index < -0.39 is 0 Å². The minimum Gasteiger partial charge on any atom is -0.362 e. The Morgan fingerprint density at radius 2 is 1.19 bits per heavy atom. The van der Waals surface area contributed by atoms with Gasteiger partial charge in [-0.15, -0.1) is 24.0 Å². The summed E-state index contributed by atoms with van der Waals surface area (Å²) >= 11 is 2.13. The average molecular weight is 497 g/mol. The van der Waals surface area contributed by atoms with E-state index in [2.05, 4.69) is 47.9 Å².